The molecule has 3 N–H and O–H groups in total. The molecular formula is C22H22N4O5. The summed E-state index contributed by atoms with van der Waals surface area (Å²) in [5, 5.41) is 0. The van der Waals surface area contributed by atoms with E-state index in [0.717, 1.165) is 5.56 Å². The standard InChI is InChI=1S/C22H22N4O5/c1-25(18(27)12-15-7-8-16-17(11-15)31-10-9-30-16)19-20(23)26(22(29)24-21(19)28)13-14-5-3-2-4-6-14/h2-8,11H,9-10,12-13,23H2,1H3,(H,24,28,29). The SMILES string of the molecule is CN(C(=O)Cc1ccc2c(c1)OCCO2)c1c(N)n(Cc2ccccc2)c(=O)[nH]c1=O. The van der Waals surface area contributed by atoms with E-state index in [1.165, 1.54) is 16.5 Å². The number of nitrogens with zero attached hydrogens (tertiary/aromatic N) is 2. The smallest absolute Gasteiger partial charge is 0.330 e. The van der Waals surface area contributed by atoms with Gasteiger partial charge in [-0.15, -0.1) is 0 Å². The molecule has 0 atom stereocenters. The molecule has 0 unspecified atom stereocenters. The molecule has 2 heterocycles. The second kappa shape index (κ2) is 8.39. The van der Waals surface area contributed by atoms with Gasteiger partial charge in [0, 0.05) is 7.05 Å². The molecule has 9 heteroatoms. The number of hydrogen-bond acceptors (Lipinski definition) is 6. The van der Waals surface area contributed by atoms with Crippen LogP contribution in [0.1, 0.15) is 11.1 Å². The normalized spacial score (nSPS) is 12.4. The zero-order chi connectivity index (χ0) is 22.0. The van der Waals surface area contributed by atoms with Crippen molar-refractivity contribution >= 4 is 17.4 Å². The van der Waals surface area contributed by atoms with Crippen LogP contribution in [0.15, 0.2) is 58.1 Å². The molecule has 0 fully saturated rings. The molecule has 9 nitrogen and oxygen atoms in total. The van der Waals surface area contributed by atoms with Crippen molar-refractivity contribution in [2.45, 2.75) is 13.0 Å². The van der Waals surface area contributed by atoms with Crippen LogP contribution in [-0.4, -0.2) is 35.7 Å². The number of nitrogen functional groups attached to an aromatic ring is 1. The fourth-order valence-electron chi connectivity index (χ4n) is 3.44. The van der Waals surface area contributed by atoms with E-state index in [1.54, 1.807) is 18.2 Å². The van der Waals surface area contributed by atoms with Crippen LogP contribution < -0.4 is 31.4 Å². The molecule has 1 aromatic heterocycles. The molecule has 3 aromatic rings. The summed E-state index contributed by atoms with van der Waals surface area (Å²) in [6.07, 6.45) is 0.0177. The number of fused-ring (bicyclic) bond motifs is 1. The van der Waals surface area contributed by atoms with Gasteiger partial charge in [0.1, 0.15) is 19.0 Å². The second-order valence-electron chi connectivity index (χ2n) is 7.17. The highest BCUT2D eigenvalue weighted by Gasteiger charge is 2.22. The molecule has 1 aliphatic heterocycles. The molecule has 0 bridgehead atoms. The summed E-state index contributed by atoms with van der Waals surface area (Å²) in [6, 6.07) is 14.5. The van der Waals surface area contributed by atoms with E-state index in [0.29, 0.717) is 30.3 Å². The molecule has 0 radical (unpaired) electrons. The zero-order valence-corrected chi connectivity index (χ0v) is 17.0. The van der Waals surface area contributed by atoms with Gasteiger partial charge < -0.3 is 20.1 Å². The fraction of sp³-hybridized carbons (Fsp3) is 0.227. The predicted molar refractivity (Wildman–Crippen MR) is 116 cm³/mol. The highest BCUT2D eigenvalue weighted by Crippen LogP contribution is 2.31. The molecule has 4 rings (SSSR count). The van der Waals surface area contributed by atoms with Gasteiger partial charge in [-0.1, -0.05) is 36.4 Å². The first-order chi connectivity index (χ1) is 14.9. The minimum Gasteiger partial charge on any atom is -0.486 e. The van der Waals surface area contributed by atoms with Gasteiger partial charge in [0.05, 0.1) is 13.0 Å². The number of hydrogen-bond donors (Lipinski definition) is 2. The molecule has 2 aromatic carbocycles. The number of rotatable bonds is 5. The van der Waals surface area contributed by atoms with Gasteiger partial charge in [-0.3, -0.25) is 19.1 Å². The lowest BCUT2D eigenvalue weighted by Crippen LogP contribution is -2.40. The van der Waals surface area contributed by atoms with Crippen LogP contribution in [0.3, 0.4) is 0 Å². The Morgan fingerprint density at radius 2 is 1.77 bits per heavy atom. The van der Waals surface area contributed by atoms with E-state index >= 15 is 0 Å². The highest BCUT2D eigenvalue weighted by molar-refractivity contribution is 5.96. The lowest BCUT2D eigenvalue weighted by Gasteiger charge is -2.21. The molecule has 1 aliphatic rings. The number of carbonyl (C=O) groups excluding carboxylic acids is 1. The first-order valence-corrected chi connectivity index (χ1v) is 9.75. The minimum atomic E-state index is -0.718. The number of carbonyl (C=O) groups is 1. The molecule has 0 saturated heterocycles. The Labute approximate surface area is 177 Å². The molecule has 1 amide bonds. The van der Waals surface area contributed by atoms with Crippen molar-refractivity contribution in [3.8, 4) is 11.5 Å². The first-order valence-electron chi connectivity index (χ1n) is 9.75. The van der Waals surface area contributed by atoms with E-state index in [-0.39, 0.29) is 30.4 Å². The van der Waals surface area contributed by atoms with Crippen molar-refractivity contribution in [2.75, 3.05) is 30.9 Å². The number of nitrogens with two attached hydrogens (primary N) is 1. The first kappa shape index (κ1) is 20.3. The maximum atomic E-state index is 12.9. The van der Waals surface area contributed by atoms with Crippen LogP contribution in [0.2, 0.25) is 0 Å². The average molecular weight is 422 g/mol. The van der Waals surface area contributed by atoms with E-state index in [1.807, 2.05) is 30.3 Å². The Kier molecular flexibility index (Phi) is 5.48. The molecule has 31 heavy (non-hydrogen) atoms. The Bertz CT molecular complexity index is 1230. The lowest BCUT2D eigenvalue weighted by molar-refractivity contribution is -0.117. The van der Waals surface area contributed by atoms with E-state index in [4.69, 9.17) is 15.2 Å². The van der Waals surface area contributed by atoms with E-state index in [9.17, 15) is 14.4 Å². The third-order valence-corrected chi connectivity index (χ3v) is 5.07. The molecular weight excluding hydrogens is 400 g/mol. The monoisotopic (exact) mass is 422 g/mol. The molecule has 0 saturated carbocycles. The summed E-state index contributed by atoms with van der Waals surface area (Å²) in [5.41, 5.74) is 6.28. The van der Waals surface area contributed by atoms with Gasteiger partial charge in [0.25, 0.3) is 5.56 Å². The summed E-state index contributed by atoms with van der Waals surface area (Å²) in [5.74, 6) is 0.770. The Balaban J connectivity index is 1.61. The highest BCUT2D eigenvalue weighted by atomic mass is 16.6. The Hall–Kier alpha value is -4.01. The average Bonchev–Trinajstić information content (AvgIpc) is 2.77. The largest absolute Gasteiger partial charge is 0.486 e. The summed E-state index contributed by atoms with van der Waals surface area (Å²) >= 11 is 0. The van der Waals surface area contributed by atoms with Crippen molar-refractivity contribution in [1.29, 1.82) is 0 Å². The summed E-state index contributed by atoms with van der Waals surface area (Å²) in [7, 11) is 1.46. The van der Waals surface area contributed by atoms with Gasteiger partial charge in [-0.25, -0.2) is 4.79 Å². The third kappa shape index (κ3) is 4.16. The zero-order valence-electron chi connectivity index (χ0n) is 17.0. The number of nitrogens with one attached hydrogen (secondary N) is 1. The summed E-state index contributed by atoms with van der Waals surface area (Å²) in [4.78, 5) is 41.1. The number of aromatic amines is 1. The van der Waals surface area contributed by atoms with Gasteiger partial charge in [0.2, 0.25) is 5.91 Å². The summed E-state index contributed by atoms with van der Waals surface area (Å²) < 4.78 is 12.3. The Morgan fingerprint density at radius 3 is 2.52 bits per heavy atom. The molecule has 160 valence electrons. The number of H-pyrrole nitrogens is 1. The van der Waals surface area contributed by atoms with Crippen molar-refractivity contribution in [1.82, 2.24) is 9.55 Å². The van der Waals surface area contributed by atoms with E-state index < -0.39 is 11.2 Å². The van der Waals surface area contributed by atoms with Crippen molar-refractivity contribution in [2.24, 2.45) is 0 Å². The van der Waals surface area contributed by atoms with Crippen molar-refractivity contribution in [3.05, 3.63) is 80.5 Å². The quantitative estimate of drug-likeness (QED) is 0.636. The van der Waals surface area contributed by atoms with Crippen LogP contribution in [0.25, 0.3) is 0 Å². The van der Waals surface area contributed by atoms with Gasteiger partial charge in [-0.2, -0.15) is 0 Å². The van der Waals surface area contributed by atoms with Crippen LogP contribution >= 0.6 is 0 Å². The third-order valence-electron chi connectivity index (χ3n) is 5.07. The summed E-state index contributed by atoms with van der Waals surface area (Å²) in [6.45, 7) is 1.09. The number of ether oxygens (including phenoxy) is 2. The van der Waals surface area contributed by atoms with Crippen molar-refractivity contribution < 1.29 is 14.3 Å². The maximum absolute atomic E-state index is 12.9. The lowest BCUT2D eigenvalue weighted by atomic mass is 10.1. The fourth-order valence-corrected chi connectivity index (χ4v) is 3.44. The topological polar surface area (TPSA) is 120 Å². The second-order valence-corrected chi connectivity index (χ2v) is 7.17. The van der Waals surface area contributed by atoms with E-state index in [2.05, 4.69) is 4.98 Å². The van der Waals surface area contributed by atoms with Crippen molar-refractivity contribution in [3.63, 3.8) is 0 Å². The Morgan fingerprint density at radius 1 is 1.06 bits per heavy atom. The number of aromatic nitrogens is 2. The van der Waals surface area contributed by atoms with Crippen LogP contribution in [0, 0.1) is 0 Å². The minimum absolute atomic E-state index is 0.0177. The number of benzene rings is 2. The van der Waals surface area contributed by atoms with Crippen LogP contribution in [0.4, 0.5) is 11.5 Å². The predicted octanol–water partition coefficient (Wildman–Crippen LogP) is 1.14. The number of likely N-dealkylation sites (N-methyl/N-ethyl adjacent to an activating group) is 1. The van der Waals surface area contributed by atoms with Gasteiger partial charge >= 0.3 is 5.69 Å². The molecule has 0 aliphatic carbocycles. The van der Waals surface area contributed by atoms with Gasteiger partial charge in [0.15, 0.2) is 17.2 Å². The molecule has 0 spiro atoms. The number of amides is 1. The van der Waals surface area contributed by atoms with Crippen LogP contribution in [-0.2, 0) is 17.8 Å². The maximum Gasteiger partial charge on any atom is 0.330 e. The number of anilines is 2. The van der Waals surface area contributed by atoms with Crippen LogP contribution in [0.5, 0.6) is 11.5 Å². The van der Waals surface area contributed by atoms with Gasteiger partial charge in [-0.05, 0) is 23.3 Å².